The van der Waals surface area contributed by atoms with Gasteiger partial charge < -0.3 is 23.7 Å². The second kappa shape index (κ2) is 14.1. The van der Waals surface area contributed by atoms with Crippen LogP contribution in [-0.2, 0) is 16.1 Å². The average Bonchev–Trinajstić information content (AvgIpc) is 3.35. The summed E-state index contributed by atoms with van der Waals surface area (Å²) in [6.45, 7) is 4.58. The van der Waals surface area contributed by atoms with E-state index in [1.807, 2.05) is 13.8 Å². The molecule has 0 saturated carbocycles. The van der Waals surface area contributed by atoms with Gasteiger partial charge in [0.1, 0.15) is 12.4 Å². The molecule has 1 aromatic heterocycles. The van der Waals surface area contributed by atoms with Gasteiger partial charge in [-0.2, -0.15) is 0 Å². The van der Waals surface area contributed by atoms with E-state index < -0.39 is 12.0 Å². The Labute approximate surface area is 270 Å². The fourth-order valence-electron chi connectivity index (χ4n) is 4.87. The molecule has 0 bridgehead atoms. The van der Waals surface area contributed by atoms with Gasteiger partial charge in [0.25, 0.3) is 5.56 Å². The molecular weight excluding hydrogens is 667 g/mol. The van der Waals surface area contributed by atoms with E-state index in [0.29, 0.717) is 66.7 Å². The quantitative estimate of drug-likeness (QED) is 0.196. The Morgan fingerprint density at radius 1 is 1.02 bits per heavy atom. The van der Waals surface area contributed by atoms with Gasteiger partial charge in [0, 0.05) is 11.8 Å². The van der Waals surface area contributed by atoms with Crippen molar-refractivity contribution in [2.45, 2.75) is 26.5 Å². The van der Waals surface area contributed by atoms with Crippen molar-refractivity contribution in [3.63, 3.8) is 0 Å². The number of nitrogens with zero attached hydrogens (tertiary/aromatic N) is 2. The summed E-state index contributed by atoms with van der Waals surface area (Å²) in [6, 6.07) is 14.4. The first-order valence-electron chi connectivity index (χ1n) is 14.0. The number of halogens is 2. The number of rotatable bonds is 11. The third-order valence-electron chi connectivity index (χ3n) is 6.89. The van der Waals surface area contributed by atoms with Gasteiger partial charge in [-0.05, 0) is 77.3 Å². The minimum absolute atomic E-state index is 0.00132. The van der Waals surface area contributed by atoms with Crippen molar-refractivity contribution in [2.75, 3.05) is 27.4 Å². The molecule has 5 rings (SSSR count). The molecule has 12 heteroatoms. The number of esters is 1. The maximum absolute atomic E-state index is 14.1. The number of methoxy groups -OCH3 is 2. The lowest BCUT2D eigenvalue weighted by Crippen LogP contribution is -2.39. The van der Waals surface area contributed by atoms with Gasteiger partial charge in [-0.15, -0.1) is 0 Å². The molecule has 0 radical (unpaired) electrons. The second-order valence-electron chi connectivity index (χ2n) is 9.66. The molecule has 0 aliphatic carbocycles. The zero-order valence-corrected chi connectivity index (χ0v) is 27.4. The van der Waals surface area contributed by atoms with Crippen molar-refractivity contribution in [3.05, 3.63) is 113 Å². The first kappa shape index (κ1) is 32.0. The molecule has 234 valence electrons. The van der Waals surface area contributed by atoms with Crippen LogP contribution in [-0.4, -0.2) is 38.0 Å². The standard InChI is InChI=1S/C33H30BrFN2O7S/c1-5-42-25-12-11-20(16-26(25)43-6-2)29-22(32(39)41-4)17-36-33-37(29)31(38)28(45-33)15-19-13-23(34)30(27(14-19)40-3)44-18-21-9-7-8-10-24(21)35/h7-17,29H,5-6,18H2,1-4H3/b28-15-/t29-/m0/s1. The highest BCUT2D eigenvalue weighted by Gasteiger charge is 2.31. The Kier molecular flexibility index (Phi) is 10.0. The predicted octanol–water partition coefficient (Wildman–Crippen LogP) is 5.30. The molecule has 0 fully saturated rings. The fraction of sp³-hybridized carbons (Fsp3) is 0.242. The van der Waals surface area contributed by atoms with E-state index in [1.165, 1.54) is 42.4 Å². The number of carbonyl (C=O) groups excluding carboxylic acids is 1. The molecule has 0 saturated heterocycles. The highest BCUT2D eigenvalue weighted by molar-refractivity contribution is 9.10. The lowest BCUT2D eigenvalue weighted by Gasteiger charge is -2.23. The van der Waals surface area contributed by atoms with Crippen LogP contribution < -0.4 is 33.8 Å². The fourth-order valence-corrected chi connectivity index (χ4v) is 6.41. The Bertz CT molecular complexity index is 1950. The van der Waals surface area contributed by atoms with Crippen molar-refractivity contribution in [1.82, 2.24) is 4.57 Å². The van der Waals surface area contributed by atoms with E-state index in [2.05, 4.69) is 20.9 Å². The van der Waals surface area contributed by atoms with E-state index in [1.54, 1.807) is 54.6 Å². The summed E-state index contributed by atoms with van der Waals surface area (Å²) in [7, 11) is 2.78. The Morgan fingerprint density at radius 2 is 1.78 bits per heavy atom. The lowest BCUT2D eigenvalue weighted by molar-refractivity contribution is -0.136. The summed E-state index contributed by atoms with van der Waals surface area (Å²) in [5.74, 6) is 0.859. The molecule has 1 aliphatic heterocycles. The van der Waals surface area contributed by atoms with E-state index in [0.717, 1.165) is 0 Å². The Morgan fingerprint density at radius 3 is 2.49 bits per heavy atom. The number of hydrogen-bond acceptors (Lipinski definition) is 9. The smallest absolute Gasteiger partial charge is 0.337 e. The molecule has 45 heavy (non-hydrogen) atoms. The van der Waals surface area contributed by atoms with E-state index in [4.69, 9.17) is 23.7 Å². The number of fused-ring (bicyclic) bond motifs is 1. The van der Waals surface area contributed by atoms with Crippen LogP contribution in [0.2, 0.25) is 0 Å². The minimum Gasteiger partial charge on any atom is -0.493 e. The van der Waals surface area contributed by atoms with E-state index in [-0.39, 0.29) is 23.6 Å². The molecule has 9 nitrogen and oxygen atoms in total. The van der Waals surface area contributed by atoms with Gasteiger partial charge in [0.2, 0.25) is 0 Å². The monoisotopic (exact) mass is 696 g/mol. The number of aromatic nitrogens is 1. The average molecular weight is 698 g/mol. The largest absolute Gasteiger partial charge is 0.493 e. The molecule has 3 aromatic carbocycles. The first-order chi connectivity index (χ1) is 21.8. The van der Waals surface area contributed by atoms with Crippen molar-refractivity contribution < 1.29 is 32.9 Å². The van der Waals surface area contributed by atoms with Crippen LogP contribution in [0.4, 0.5) is 4.39 Å². The Hall–Kier alpha value is -4.42. The van der Waals surface area contributed by atoms with E-state index in [9.17, 15) is 14.0 Å². The van der Waals surface area contributed by atoms with Crippen LogP contribution in [0.15, 0.2) is 80.6 Å². The molecule has 2 heterocycles. The van der Waals surface area contributed by atoms with Crippen LogP contribution in [0.25, 0.3) is 6.08 Å². The second-order valence-corrected chi connectivity index (χ2v) is 11.5. The lowest BCUT2D eigenvalue weighted by atomic mass is 9.97. The van der Waals surface area contributed by atoms with Gasteiger partial charge in [-0.25, -0.2) is 14.2 Å². The molecule has 0 amide bonds. The molecule has 0 spiro atoms. The third kappa shape index (κ3) is 6.66. The summed E-state index contributed by atoms with van der Waals surface area (Å²) in [5, 5.41) is 0. The van der Waals surface area contributed by atoms with Gasteiger partial charge in [-0.3, -0.25) is 9.36 Å². The van der Waals surface area contributed by atoms with Crippen LogP contribution >= 0.6 is 27.3 Å². The summed E-state index contributed by atoms with van der Waals surface area (Å²) < 4.78 is 44.6. The SMILES string of the molecule is CCOc1ccc([C@H]2C(C(=O)OC)=CN=c3s/c(=C\c4cc(Br)c(OCc5ccccc5F)c(OC)c4)c(=O)n32)cc1OCC. The highest BCUT2D eigenvalue weighted by Crippen LogP contribution is 2.38. The molecule has 4 aromatic rings. The molecule has 1 aliphatic rings. The van der Waals surface area contributed by atoms with Gasteiger partial charge >= 0.3 is 5.97 Å². The van der Waals surface area contributed by atoms with Crippen molar-refractivity contribution in [2.24, 2.45) is 4.99 Å². The maximum Gasteiger partial charge on any atom is 0.337 e. The minimum atomic E-state index is -0.818. The number of hydrogen-bond donors (Lipinski definition) is 0. The Balaban J connectivity index is 1.57. The highest BCUT2D eigenvalue weighted by atomic mass is 79.9. The molecular formula is C33H30BrFN2O7S. The summed E-state index contributed by atoms with van der Waals surface area (Å²) in [6.07, 6.45) is 3.14. The molecule has 0 N–H and O–H groups in total. The van der Waals surface area contributed by atoms with Gasteiger partial charge in [0.05, 0.1) is 48.1 Å². The zero-order chi connectivity index (χ0) is 32.1. The summed E-state index contributed by atoms with van der Waals surface area (Å²) in [5.41, 5.74) is 1.52. The van der Waals surface area contributed by atoms with Crippen LogP contribution in [0.1, 0.15) is 36.6 Å². The molecule has 0 unspecified atom stereocenters. The zero-order valence-electron chi connectivity index (χ0n) is 25.0. The summed E-state index contributed by atoms with van der Waals surface area (Å²) >= 11 is 4.71. The topological polar surface area (TPSA) is 97.6 Å². The maximum atomic E-state index is 14.1. The summed E-state index contributed by atoms with van der Waals surface area (Å²) in [4.78, 5) is 31.7. The van der Waals surface area contributed by atoms with Crippen molar-refractivity contribution >= 4 is 39.3 Å². The van der Waals surface area contributed by atoms with Crippen LogP contribution in [0.5, 0.6) is 23.0 Å². The van der Waals surface area contributed by atoms with Crippen LogP contribution in [0, 0.1) is 5.82 Å². The number of thiazole rings is 1. The molecule has 1 atom stereocenters. The number of ether oxygens (including phenoxy) is 5. The van der Waals surface area contributed by atoms with Crippen molar-refractivity contribution in [1.29, 1.82) is 0 Å². The van der Waals surface area contributed by atoms with Crippen LogP contribution in [0.3, 0.4) is 0 Å². The normalized spacial score (nSPS) is 14.2. The third-order valence-corrected chi connectivity index (χ3v) is 8.47. The van der Waals surface area contributed by atoms with Crippen molar-refractivity contribution in [3.8, 4) is 23.0 Å². The van der Waals surface area contributed by atoms with Gasteiger partial charge in [0.15, 0.2) is 27.8 Å². The number of carbonyl (C=O) groups is 1. The number of benzene rings is 3. The van der Waals surface area contributed by atoms with E-state index >= 15 is 0 Å². The predicted molar refractivity (Wildman–Crippen MR) is 171 cm³/mol. The first-order valence-corrected chi connectivity index (χ1v) is 15.6. The van der Waals surface area contributed by atoms with Gasteiger partial charge in [-0.1, -0.05) is 35.6 Å².